The lowest BCUT2D eigenvalue weighted by Gasteiger charge is -2.42. The summed E-state index contributed by atoms with van der Waals surface area (Å²) in [5.74, 6) is 0.678. The molecule has 0 aromatic rings. The van der Waals surface area contributed by atoms with Gasteiger partial charge in [0.25, 0.3) is 0 Å². The van der Waals surface area contributed by atoms with Crippen molar-refractivity contribution in [2.75, 3.05) is 34.0 Å². The average molecular weight is 383 g/mol. The summed E-state index contributed by atoms with van der Waals surface area (Å²) in [6.07, 6.45) is 22.1. The molecular formula is C24H46O3. The summed E-state index contributed by atoms with van der Waals surface area (Å²) in [5, 5.41) is 0. The molecule has 160 valence electrons. The van der Waals surface area contributed by atoms with Gasteiger partial charge in [-0.3, -0.25) is 0 Å². The second kappa shape index (κ2) is 14.0. The van der Waals surface area contributed by atoms with Crippen molar-refractivity contribution in [2.45, 2.75) is 109 Å². The lowest BCUT2D eigenvalue weighted by atomic mass is 9.70. The molecule has 0 aromatic carbocycles. The molecule has 27 heavy (non-hydrogen) atoms. The summed E-state index contributed by atoms with van der Waals surface area (Å²) in [6.45, 7) is 2.33. The summed E-state index contributed by atoms with van der Waals surface area (Å²) >= 11 is 0. The first-order valence-electron chi connectivity index (χ1n) is 11.9. The van der Waals surface area contributed by atoms with Crippen LogP contribution in [-0.2, 0) is 14.2 Å². The minimum Gasteiger partial charge on any atom is -0.384 e. The molecule has 3 heteroatoms. The Morgan fingerprint density at radius 2 is 0.963 bits per heavy atom. The van der Waals surface area contributed by atoms with Gasteiger partial charge in [0.05, 0.1) is 25.9 Å². The third-order valence-electron chi connectivity index (χ3n) is 6.99. The number of rotatable bonds is 8. The zero-order chi connectivity index (χ0) is 19.2. The third-order valence-corrected chi connectivity index (χ3v) is 6.99. The van der Waals surface area contributed by atoms with Crippen molar-refractivity contribution in [3.05, 3.63) is 0 Å². The van der Waals surface area contributed by atoms with E-state index in [1.165, 1.54) is 103 Å². The summed E-state index contributed by atoms with van der Waals surface area (Å²) in [5.41, 5.74) is 0.0353. The van der Waals surface area contributed by atoms with Gasteiger partial charge < -0.3 is 14.2 Å². The van der Waals surface area contributed by atoms with Gasteiger partial charge in [0, 0.05) is 19.6 Å². The molecule has 0 aromatic heterocycles. The molecule has 2 rings (SSSR count). The van der Waals surface area contributed by atoms with Crippen LogP contribution in [0.25, 0.3) is 0 Å². The van der Waals surface area contributed by atoms with E-state index in [9.17, 15) is 0 Å². The number of hydrogen-bond donors (Lipinski definition) is 0. The van der Waals surface area contributed by atoms with Crippen molar-refractivity contribution in [2.24, 2.45) is 11.3 Å². The van der Waals surface area contributed by atoms with E-state index in [1.807, 2.05) is 14.2 Å². The van der Waals surface area contributed by atoms with E-state index in [4.69, 9.17) is 14.2 Å². The molecule has 3 nitrogen and oxygen atoms in total. The maximum Gasteiger partial charge on any atom is 0.0575 e. The minimum absolute atomic E-state index is 0.0353. The number of methoxy groups -OCH3 is 2. The fourth-order valence-electron chi connectivity index (χ4n) is 5.34. The fourth-order valence-corrected chi connectivity index (χ4v) is 5.34. The van der Waals surface area contributed by atoms with E-state index in [2.05, 4.69) is 0 Å². The Bertz CT molecular complexity index is 334. The van der Waals surface area contributed by atoms with Crippen molar-refractivity contribution < 1.29 is 14.2 Å². The van der Waals surface area contributed by atoms with E-state index in [0.29, 0.717) is 12.0 Å². The molecule has 0 radical (unpaired) electrons. The van der Waals surface area contributed by atoms with Gasteiger partial charge in [0.15, 0.2) is 0 Å². The molecule has 0 heterocycles. The first-order valence-corrected chi connectivity index (χ1v) is 11.9. The monoisotopic (exact) mass is 382 g/mol. The molecule has 0 spiro atoms. The fraction of sp³-hybridized carbons (Fsp3) is 1.00. The van der Waals surface area contributed by atoms with Crippen LogP contribution in [0.3, 0.4) is 0 Å². The summed E-state index contributed by atoms with van der Waals surface area (Å²) in [6, 6.07) is 0. The first-order chi connectivity index (χ1) is 13.3. The molecule has 2 fully saturated rings. The maximum atomic E-state index is 6.65. The van der Waals surface area contributed by atoms with Gasteiger partial charge >= 0.3 is 0 Å². The van der Waals surface area contributed by atoms with Gasteiger partial charge in [-0.15, -0.1) is 0 Å². The van der Waals surface area contributed by atoms with Crippen LogP contribution >= 0.6 is 0 Å². The molecule has 2 saturated carbocycles. The zero-order valence-electron chi connectivity index (χ0n) is 18.3. The molecule has 0 amide bonds. The molecule has 0 N–H and O–H groups in total. The van der Waals surface area contributed by atoms with Gasteiger partial charge in [0.2, 0.25) is 0 Å². The highest BCUT2D eigenvalue weighted by molar-refractivity contribution is 4.89. The summed E-state index contributed by atoms with van der Waals surface area (Å²) < 4.78 is 18.1. The van der Waals surface area contributed by atoms with Crippen LogP contribution < -0.4 is 0 Å². The van der Waals surface area contributed by atoms with Crippen molar-refractivity contribution >= 4 is 0 Å². The summed E-state index contributed by atoms with van der Waals surface area (Å²) in [4.78, 5) is 0. The highest BCUT2D eigenvalue weighted by Gasteiger charge is 2.40. The van der Waals surface area contributed by atoms with Crippen LogP contribution in [0.1, 0.15) is 103 Å². The van der Waals surface area contributed by atoms with Gasteiger partial charge in [0.1, 0.15) is 0 Å². The Morgan fingerprint density at radius 3 is 1.44 bits per heavy atom. The quantitative estimate of drug-likeness (QED) is 0.477. The van der Waals surface area contributed by atoms with Gasteiger partial charge in [-0.2, -0.15) is 0 Å². The van der Waals surface area contributed by atoms with Crippen LogP contribution in [0.5, 0.6) is 0 Å². The minimum atomic E-state index is 0.0353. The molecule has 0 aliphatic heterocycles. The normalized spacial score (nSPS) is 22.9. The number of hydrogen-bond acceptors (Lipinski definition) is 3. The standard InChI is InChI=1S/C24H46O3/c1-25-19-24(20-26-2,22-15-11-10-12-16-22)21-27-23-17-13-8-6-4-3-5-7-9-14-18-23/h22-23H,3-21H2,1-2H3. The van der Waals surface area contributed by atoms with Crippen molar-refractivity contribution in [3.63, 3.8) is 0 Å². The van der Waals surface area contributed by atoms with Crippen LogP contribution in [-0.4, -0.2) is 40.1 Å². The van der Waals surface area contributed by atoms with Crippen LogP contribution in [0.2, 0.25) is 0 Å². The summed E-state index contributed by atoms with van der Waals surface area (Å²) in [7, 11) is 3.67. The SMILES string of the molecule is COCC(COC)(COC1CCCCCCCCCCC1)C1CCCCC1. The highest BCUT2D eigenvalue weighted by Crippen LogP contribution is 2.40. The van der Waals surface area contributed by atoms with Gasteiger partial charge in [-0.1, -0.05) is 77.0 Å². The second-order valence-corrected chi connectivity index (χ2v) is 9.26. The van der Waals surface area contributed by atoms with E-state index in [1.54, 1.807) is 0 Å². The largest absolute Gasteiger partial charge is 0.384 e. The molecule has 2 aliphatic carbocycles. The van der Waals surface area contributed by atoms with E-state index in [-0.39, 0.29) is 5.41 Å². The van der Waals surface area contributed by atoms with Crippen LogP contribution in [0.4, 0.5) is 0 Å². The molecular weight excluding hydrogens is 336 g/mol. The molecule has 2 aliphatic rings. The predicted octanol–water partition coefficient (Wildman–Crippen LogP) is 6.54. The Balaban J connectivity index is 1.94. The molecule has 0 saturated heterocycles. The molecule has 0 atom stereocenters. The Kier molecular flexibility index (Phi) is 12.0. The van der Waals surface area contributed by atoms with E-state index < -0.39 is 0 Å². The van der Waals surface area contributed by atoms with Gasteiger partial charge in [-0.05, 0) is 31.6 Å². The molecule has 0 unspecified atom stereocenters. The predicted molar refractivity (Wildman–Crippen MR) is 113 cm³/mol. The Hall–Kier alpha value is -0.120. The Morgan fingerprint density at radius 1 is 0.556 bits per heavy atom. The average Bonchev–Trinajstić information content (AvgIpc) is 2.68. The lowest BCUT2D eigenvalue weighted by Crippen LogP contribution is -2.45. The van der Waals surface area contributed by atoms with Crippen molar-refractivity contribution in [1.29, 1.82) is 0 Å². The number of ether oxygens (including phenoxy) is 3. The second-order valence-electron chi connectivity index (χ2n) is 9.26. The van der Waals surface area contributed by atoms with Crippen molar-refractivity contribution in [3.8, 4) is 0 Å². The lowest BCUT2D eigenvalue weighted by molar-refractivity contribution is -0.110. The first kappa shape index (κ1) is 23.2. The smallest absolute Gasteiger partial charge is 0.0575 e. The topological polar surface area (TPSA) is 27.7 Å². The maximum absolute atomic E-state index is 6.65. The highest BCUT2D eigenvalue weighted by atomic mass is 16.5. The van der Waals surface area contributed by atoms with Crippen molar-refractivity contribution in [1.82, 2.24) is 0 Å². The van der Waals surface area contributed by atoms with Gasteiger partial charge in [-0.25, -0.2) is 0 Å². The third kappa shape index (κ3) is 8.41. The van der Waals surface area contributed by atoms with E-state index in [0.717, 1.165) is 19.8 Å². The molecule has 0 bridgehead atoms. The van der Waals surface area contributed by atoms with E-state index >= 15 is 0 Å². The Labute approximate surface area is 168 Å². The van der Waals surface area contributed by atoms with Crippen LogP contribution in [0.15, 0.2) is 0 Å². The zero-order valence-corrected chi connectivity index (χ0v) is 18.3. The van der Waals surface area contributed by atoms with Crippen LogP contribution in [0, 0.1) is 11.3 Å².